The van der Waals surface area contributed by atoms with Gasteiger partial charge in [-0.25, -0.2) is 0 Å². The predicted molar refractivity (Wildman–Crippen MR) is 80.4 cm³/mol. The van der Waals surface area contributed by atoms with Crippen LogP contribution in [0.2, 0.25) is 0 Å². The van der Waals surface area contributed by atoms with Crippen LogP contribution in [0.3, 0.4) is 0 Å². The van der Waals surface area contributed by atoms with Crippen LogP contribution >= 0.6 is 0 Å². The van der Waals surface area contributed by atoms with Gasteiger partial charge in [0.05, 0.1) is 0 Å². The van der Waals surface area contributed by atoms with E-state index < -0.39 is 0 Å². The second kappa shape index (κ2) is 6.20. The maximum Gasteiger partial charge on any atom is -0.0227 e. The van der Waals surface area contributed by atoms with Gasteiger partial charge in [-0.15, -0.1) is 0 Å². The molecule has 0 N–H and O–H groups in total. The molecule has 0 nitrogen and oxygen atoms in total. The summed E-state index contributed by atoms with van der Waals surface area (Å²) in [6, 6.07) is 19.3. The summed E-state index contributed by atoms with van der Waals surface area (Å²) in [6.07, 6.45) is 4.62. The second-order valence-electron chi connectivity index (χ2n) is 4.69. The van der Waals surface area contributed by atoms with Gasteiger partial charge in [0, 0.05) is 0 Å². The van der Waals surface area contributed by atoms with Crippen molar-refractivity contribution in [3.63, 3.8) is 0 Å². The second-order valence-corrected chi connectivity index (χ2v) is 4.69. The summed E-state index contributed by atoms with van der Waals surface area (Å²) < 4.78 is 0. The molecule has 0 fully saturated rings. The molecular weight excluding hydrogens is 216 g/mol. The van der Waals surface area contributed by atoms with Crippen molar-refractivity contribution in [1.29, 1.82) is 0 Å². The number of allylic oxidation sites excluding steroid dienone is 1. The van der Waals surface area contributed by atoms with Gasteiger partial charge in [0.1, 0.15) is 0 Å². The number of hydrogen-bond acceptors (Lipinski definition) is 0. The summed E-state index contributed by atoms with van der Waals surface area (Å²) in [4.78, 5) is 0. The molecule has 0 unspecified atom stereocenters. The van der Waals surface area contributed by atoms with Gasteiger partial charge in [-0.3, -0.25) is 0 Å². The summed E-state index contributed by atoms with van der Waals surface area (Å²) in [5.74, 6) is 0. The Morgan fingerprint density at radius 2 is 1.78 bits per heavy atom. The predicted octanol–water partition coefficient (Wildman–Crippen LogP) is 5.20. The molecule has 18 heavy (non-hydrogen) atoms. The maximum atomic E-state index is 2.29. The zero-order valence-electron chi connectivity index (χ0n) is 11.2. The maximum absolute atomic E-state index is 2.29. The quantitative estimate of drug-likeness (QED) is 0.640. The van der Waals surface area contributed by atoms with Crippen LogP contribution in [0.5, 0.6) is 0 Å². The van der Waals surface area contributed by atoms with Gasteiger partial charge in [0.15, 0.2) is 0 Å². The Kier molecular flexibility index (Phi) is 4.35. The van der Waals surface area contributed by atoms with E-state index >= 15 is 0 Å². The molecule has 2 rings (SSSR count). The lowest BCUT2D eigenvalue weighted by atomic mass is 10.0. The van der Waals surface area contributed by atoms with E-state index in [0.717, 1.165) is 6.42 Å². The van der Waals surface area contributed by atoms with E-state index in [0.29, 0.717) is 0 Å². The highest BCUT2D eigenvalue weighted by Gasteiger charge is 1.96. The van der Waals surface area contributed by atoms with Crippen LogP contribution in [0.1, 0.15) is 37.0 Å². The Morgan fingerprint density at radius 1 is 1.00 bits per heavy atom. The lowest BCUT2D eigenvalue weighted by Gasteiger charge is -2.04. The third kappa shape index (κ3) is 3.33. The Balaban J connectivity index is 2.24. The standard InChI is InChI=1S/C18H20/c1-3-8-16-9-7-10-17(14-16)13-15(2)18-11-5-4-6-12-18/h4-7,9-14H,3,8H2,1-2H3/b15-13+. The third-order valence-electron chi connectivity index (χ3n) is 3.10. The molecule has 0 saturated heterocycles. The van der Waals surface area contributed by atoms with Gasteiger partial charge < -0.3 is 0 Å². The highest BCUT2D eigenvalue weighted by atomic mass is 14.0. The Bertz CT molecular complexity index is 521. The number of aryl methyl sites for hydroxylation is 1. The van der Waals surface area contributed by atoms with E-state index in [4.69, 9.17) is 0 Å². The molecule has 0 atom stereocenters. The number of hydrogen-bond donors (Lipinski definition) is 0. The average molecular weight is 236 g/mol. The first-order valence-electron chi connectivity index (χ1n) is 6.62. The molecule has 0 spiro atoms. The monoisotopic (exact) mass is 236 g/mol. The van der Waals surface area contributed by atoms with E-state index in [9.17, 15) is 0 Å². The summed E-state index contributed by atoms with van der Waals surface area (Å²) >= 11 is 0. The van der Waals surface area contributed by atoms with Crippen LogP contribution in [0, 0.1) is 0 Å². The molecule has 0 amide bonds. The highest BCUT2D eigenvalue weighted by Crippen LogP contribution is 2.18. The van der Waals surface area contributed by atoms with Crippen LogP contribution in [-0.4, -0.2) is 0 Å². The van der Waals surface area contributed by atoms with Crippen molar-refractivity contribution >= 4 is 11.6 Å². The zero-order valence-corrected chi connectivity index (χ0v) is 11.2. The van der Waals surface area contributed by atoms with E-state index in [2.05, 4.69) is 74.5 Å². The molecule has 0 heteroatoms. The Labute approximate surface area is 110 Å². The van der Waals surface area contributed by atoms with E-state index in [1.165, 1.54) is 28.7 Å². The first-order chi connectivity index (χ1) is 8.79. The average Bonchev–Trinajstić information content (AvgIpc) is 2.40. The van der Waals surface area contributed by atoms with Crippen molar-refractivity contribution in [1.82, 2.24) is 0 Å². The normalized spacial score (nSPS) is 11.6. The summed E-state index contributed by atoms with van der Waals surface area (Å²) in [6.45, 7) is 4.39. The topological polar surface area (TPSA) is 0 Å². The van der Waals surface area contributed by atoms with Crippen LogP contribution in [0.25, 0.3) is 11.6 Å². The lowest BCUT2D eigenvalue weighted by molar-refractivity contribution is 0.921. The van der Waals surface area contributed by atoms with Gasteiger partial charge >= 0.3 is 0 Å². The lowest BCUT2D eigenvalue weighted by Crippen LogP contribution is -1.84. The summed E-state index contributed by atoms with van der Waals surface area (Å²) in [7, 11) is 0. The van der Waals surface area contributed by atoms with Crippen LogP contribution in [0.15, 0.2) is 54.6 Å². The Morgan fingerprint density at radius 3 is 2.50 bits per heavy atom. The fourth-order valence-corrected chi connectivity index (χ4v) is 2.16. The first kappa shape index (κ1) is 12.6. The molecule has 0 heterocycles. The largest absolute Gasteiger partial charge is 0.0651 e. The Hall–Kier alpha value is -1.82. The van der Waals surface area contributed by atoms with Crippen molar-refractivity contribution in [3.8, 4) is 0 Å². The van der Waals surface area contributed by atoms with E-state index in [1.807, 2.05) is 0 Å². The van der Waals surface area contributed by atoms with Crippen molar-refractivity contribution in [3.05, 3.63) is 71.3 Å². The van der Waals surface area contributed by atoms with Crippen molar-refractivity contribution < 1.29 is 0 Å². The fraction of sp³-hybridized carbons (Fsp3) is 0.222. The third-order valence-corrected chi connectivity index (χ3v) is 3.10. The fourth-order valence-electron chi connectivity index (χ4n) is 2.16. The van der Waals surface area contributed by atoms with E-state index in [-0.39, 0.29) is 0 Å². The molecule has 2 aromatic rings. The van der Waals surface area contributed by atoms with Gasteiger partial charge in [-0.1, -0.05) is 74.0 Å². The minimum Gasteiger partial charge on any atom is -0.0651 e. The van der Waals surface area contributed by atoms with Gasteiger partial charge in [0.25, 0.3) is 0 Å². The van der Waals surface area contributed by atoms with Crippen molar-refractivity contribution in [2.45, 2.75) is 26.7 Å². The molecule has 0 aliphatic heterocycles. The van der Waals surface area contributed by atoms with E-state index in [1.54, 1.807) is 0 Å². The summed E-state index contributed by atoms with van der Waals surface area (Å²) in [5.41, 5.74) is 5.32. The molecule has 0 radical (unpaired) electrons. The first-order valence-corrected chi connectivity index (χ1v) is 6.62. The number of rotatable bonds is 4. The smallest absolute Gasteiger partial charge is 0.0227 e. The molecular formula is C18H20. The van der Waals surface area contributed by atoms with Crippen LogP contribution < -0.4 is 0 Å². The molecule has 0 aromatic heterocycles. The minimum absolute atomic E-state index is 1.16. The SMILES string of the molecule is CCCc1cccc(/C=C(\C)c2ccccc2)c1. The zero-order chi connectivity index (χ0) is 12.8. The highest BCUT2D eigenvalue weighted by molar-refractivity contribution is 5.80. The van der Waals surface area contributed by atoms with Crippen LogP contribution in [0.4, 0.5) is 0 Å². The molecule has 92 valence electrons. The number of benzene rings is 2. The molecule has 0 saturated carbocycles. The molecule has 2 aromatic carbocycles. The van der Waals surface area contributed by atoms with Crippen molar-refractivity contribution in [2.24, 2.45) is 0 Å². The minimum atomic E-state index is 1.16. The van der Waals surface area contributed by atoms with Gasteiger partial charge in [0.2, 0.25) is 0 Å². The molecule has 0 bridgehead atoms. The summed E-state index contributed by atoms with van der Waals surface area (Å²) in [5, 5.41) is 0. The van der Waals surface area contributed by atoms with Gasteiger partial charge in [-0.05, 0) is 35.6 Å². The van der Waals surface area contributed by atoms with Gasteiger partial charge in [-0.2, -0.15) is 0 Å². The molecule has 0 aliphatic rings. The van der Waals surface area contributed by atoms with Crippen LogP contribution in [-0.2, 0) is 6.42 Å². The molecule has 0 aliphatic carbocycles. The van der Waals surface area contributed by atoms with Crippen molar-refractivity contribution in [2.75, 3.05) is 0 Å².